The molecule has 19 heavy (non-hydrogen) atoms. The largest absolute Gasteiger partial charge is 0.496 e. The molecule has 0 atom stereocenters. The Morgan fingerprint density at radius 2 is 2.00 bits per heavy atom. The molecule has 3 nitrogen and oxygen atoms in total. The van der Waals surface area contributed by atoms with Crippen LogP contribution in [0, 0.1) is 13.8 Å². The van der Waals surface area contributed by atoms with Crippen LogP contribution in [0.4, 0.5) is 0 Å². The van der Waals surface area contributed by atoms with Gasteiger partial charge in [-0.3, -0.25) is 0 Å². The summed E-state index contributed by atoms with van der Waals surface area (Å²) in [5.74, 6) is 0.979. The molecular formula is C16H23NO2. The molecule has 2 aliphatic rings. The standard InChI is InChI=1S/C16H23NO2/c1-11-7-15(18-3)12(2)6-14(11)16(9-19-10-16)8-17-13-4-5-13/h6-7,13,17H,4-5,8-10H2,1-3H3. The van der Waals surface area contributed by atoms with Crippen LogP contribution in [0.1, 0.15) is 29.5 Å². The fraction of sp³-hybridized carbons (Fsp3) is 0.625. The van der Waals surface area contributed by atoms with Gasteiger partial charge in [0.05, 0.1) is 25.7 Å². The van der Waals surface area contributed by atoms with Gasteiger partial charge in [-0.25, -0.2) is 0 Å². The number of rotatable bonds is 5. The number of benzene rings is 1. The Kier molecular flexibility index (Phi) is 3.27. The van der Waals surface area contributed by atoms with E-state index in [-0.39, 0.29) is 5.41 Å². The molecule has 3 heteroatoms. The minimum Gasteiger partial charge on any atom is -0.496 e. The smallest absolute Gasteiger partial charge is 0.122 e. The maximum Gasteiger partial charge on any atom is 0.122 e. The lowest BCUT2D eigenvalue weighted by molar-refractivity contribution is -0.0595. The van der Waals surface area contributed by atoms with Gasteiger partial charge in [0.15, 0.2) is 0 Å². The molecule has 1 N–H and O–H groups in total. The van der Waals surface area contributed by atoms with Gasteiger partial charge in [-0.05, 0) is 49.4 Å². The quantitative estimate of drug-likeness (QED) is 0.882. The third-order valence-corrected chi connectivity index (χ3v) is 4.38. The fourth-order valence-corrected chi connectivity index (χ4v) is 2.91. The molecule has 1 aliphatic carbocycles. The van der Waals surface area contributed by atoms with Crippen molar-refractivity contribution in [2.24, 2.45) is 0 Å². The molecule has 0 aromatic heterocycles. The Hall–Kier alpha value is -1.06. The molecule has 0 spiro atoms. The molecule has 3 rings (SSSR count). The predicted octanol–water partition coefficient (Wildman–Crippen LogP) is 2.33. The molecule has 1 saturated carbocycles. The van der Waals surface area contributed by atoms with Crippen molar-refractivity contribution < 1.29 is 9.47 Å². The van der Waals surface area contributed by atoms with Gasteiger partial charge in [0, 0.05) is 12.6 Å². The topological polar surface area (TPSA) is 30.5 Å². The van der Waals surface area contributed by atoms with E-state index in [0.29, 0.717) is 0 Å². The van der Waals surface area contributed by atoms with Crippen LogP contribution in [0.15, 0.2) is 12.1 Å². The van der Waals surface area contributed by atoms with Crippen LogP contribution in [0.3, 0.4) is 0 Å². The highest BCUT2D eigenvalue weighted by Crippen LogP contribution is 2.37. The van der Waals surface area contributed by atoms with E-state index in [1.807, 2.05) is 0 Å². The maximum atomic E-state index is 5.53. The summed E-state index contributed by atoms with van der Waals surface area (Å²) in [6.45, 7) is 6.99. The second-order valence-corrected chi connectivity index (χ2v) is 6.07. The predicted molar refractivity (Wildman–Crippen MR) is 76.0 cm³/mol. The zero-order chi connectivity index (χ0) is 13.5. The highest BCUT2D eigenvalue weighted by Gasteiger charge is 2.42. The van der Waals surface area contributed by atoms with Crippen LogP contribution < -0.4 is 10.1 Å². The van der Waals surface area contributed by atoms with Gasteiger partial charge in [-0.15, -0.1) is 0 Å². The molecule has 0 bridgehead atoms. The summed E-state index contributed by atoms with van der Waals surface area (Å²) in [6.07, 6.45) is 2.66. The molecule has 0 unspecified atom stereocenters. The van der Waals surface area contributed by atoms with E-state index in [1.165, 1.54) is 29.5 Å². The summed E-state index contributed by atoms with van der Waals surface area (Å²) in [4.78, 5) is 0. The minimum atomic E-state index is 0.170. The van der Waals surface area contributed by atoms with Crippen molar-refractivity contribution in [2.45, 2.75) is 38.1 Å². The van der Waals surface area contributed by atoms with Gasteiger partial charge in [-0.1, -0.05) is 6.07 Å². The fourth-order valence-electron chi connectivity index (χ4n) is 2.91. The van der Waals surface area contributed by atoms with Gasteiger partial charge in [-0.2, -0.15) is 0 Å². The monoisotopic (exact) mass is 261 g/mol. The van der Waals surface area contributed by atoms with Gasteiger partial charge < -0.3 is 14.8 Å². The van der Waals surface area contributed by atoms with Crippen LogP contribution in [0.25, 0.3) is 0 Å². The molecule has 0 radical (unpaired) electrons. The lowest BCUT2D eigenvalue weighted by Crippen LogP contribution is -2.54. The molecule has 1 aromatic rings. The number of hydrogen-bond acceptors (Lipinski definition) is 3. The second-order valence-electron chi connectivity index (χ2n) is 6.07. The first-order valence-corrected chi connectivity index (χ1v) is 7.11. The van der Waals surface area contributed by atoms with Crippen LogP contribution >= 0.6 is 0 Å². The Bertz CT molecular complexity index is 476. The van der Waals surface area contributed by atoms with Crippen LogP contribution in [0.5, 0.6) is 5.75 Å². The summed E-state index contributed by atoms with van der Waals surface area (Å²) < 4.78 is 10.9. The molecular weight excluding hydrogens is 238 g/mol. The Balaban J connectivity index is 1.87. The van der Waals surface area contributed by atoms with Crippen LogP contribution in [0.2, 0.25) is 0 Å². The van der Waals surface area contributed by atoms with Gasteiger partial charge in [0.2, 0.25) is 0 Å². The lowest BCUT2D eigenvalue weighted by Gasteiger charge is -2.43. The van der Waals surface area contributed by atoms with Crippen molar-refractivity contribution in [3.8, 4) is 5.75 Å². The van der Waals surface area contributed by atoms with Gasteiger partial charge >= 0.3 is 0 Å². The Labute approximate surface area is 115 Å². The van der Waals surface area contributed by atoms with Crippen molar-refractivity contribution in [3.05, 3.63) is 28.8 Å². The average molecular weight is 261 g/mol. The number of nitrogens with one attached hydrogen (secondary N) is 1. The van der Waals surface area contributed by atoms with Crippen LogP contribution in [-0.4, -0.2) is 32.9 Å². The first-order chi connectivity index (χ1) is 9.14. The third-order valence-electron chi connectivity index (χ3n) is 4.38. The third kappa shape index (κ3) is 2.37. The molecule has 104 valence electrons. The number of ether oxygens (including phenoxy) is 2. The first kappa shape index (κ1) is 12.9. The van der Waals surface area contributed by atoms with Crippen molar-refractivity contribution in [1.29, 1.82) is 0 Å². The summed E-state index contributed by atoms with van der Waals surface area (Å²) in [5.41, 5.74) is 4.11. The van der Waals surface area contributed by atoms with Crippen molar-refractivity contribution in [3.63, 3.8) is 0 Å². The van der Waals surface area contributed by atoms with Crippen molar-refractivity contribution in [2.75, 3.05) is 26.9 Å². The second kappa shape index (κ2) is 4.80. The molecule has 1 heterocycles. The molecule has 1 saturated heterocycles. The van der Waals surface area contributed by atoms with E-state index in [9.17, 15) is 0 Å². The van der Waals surface area contributed by atoms with Crippen molar-refractivity contribution in [1.82, 2.24) is 5.32 Å². The zero-order valence-electron chi connectivity index (χ0n) is 12.1. The number of hydrogen-bond donors (Lipinski definition) is 1. The van der Waals surface area contributed by atoms with E-state index < -0.39 is 0 Å². The lowest BCUT2D eigenvalue weighted by atomic mass is 9.76. The average Bonchev–Trinajstić information content (AvgIpc) is 3.15. The first-order valence-electron chi connectivity index (χ1n) is 7.11. The van der Waals surface area contributed by atoms with Crippen molar-refractivity contribution >= 4 is 0 Å². The summed E-state index contributed by atoms with van der Waals surface area (Å²) >= 11 is 0. The maximum absolute atomic E-state index is 5.53. The molecule has 1 aromatic carbocycles. The molecule has 1 aliphatic heterocycles. The van der Waals surface area contributed by atoms with Crippen LogP contribution in [-0.2, 0) is 10.2 Å². The highest BCUT2D eigenvalue weighted by atomic mass is 16.5. The Morgan fingerprint density at radius 1 is 1.26 bits per heavy atom. The van der Waals surface area contributed by atoms with E-state index in [0.717, 1.165) is 31.5 Å². The number of aryl methyl sites for hydroxylation is 2. The SMILES string of the molecule is COc1cc(C)c(C2(CNC3CC3)COC2)cc1C. The van der Waals surface area contributed by atoms with E-state index in [4.69, 9.17) is 9.47 Å². The molecule has 0 amide bonds. The van der Waals surface area contributed by atoms with E-state index in [2.05, 4.69) is 31.3 Å². The minimum absolute atomic E-state index is 0.170. The summed E-state index contributed by atoms with van der Waals surface area (Å²) in [6, 6.07) is 5.18. The molecule has 2 fully saturated rings. The highest BCUT2D eigenvalue weighted by molar-refractivity contribution is 5.46. The Morgan fingerprint density at radius 3 is 2.53 bits per heavy atom. The zero-order valence-corrected chi connectivity index (χ0v) is 12.1. The van der Waals surface area contributed by atoms with Gasteiger partial charge in [0.25, 0.3) is 0 Å². The summed E-state index contributed by atoms with van der Waals surface area (Å²) in [5, 5.41) is 3.66. The van der Waals surface area contributed by atoms with E-state index >= 15 is 0 Å². The van der Waals surface area contributed by atoms with E-state index in [1.54, 1.807) is 7.11 Å². The summed E-state index contributed by atoms with van der Waals surface area (Å²) in [7, 11) is 1.73. The number of methoxy groups -OCH3 is 1. The normalized spacial score (nSPS) is 21.0. The van der Waals surface area contributed by atoms with Gasteiger partial charge in [0.1, 0.15) is 5.75 Å².